The fourth-order valence-electron chi connectivity index (χ4n) is 2.16. The molecule has 0 aromatic heterocycles. The van der Waals surface area contributed by atoms with Gasteiger partial charge >= 0.3 is 6.03 Å². The second-order valence-electron chi connectivity index (χ2n) is 4.97. The number of carbonyl (C=O) groups is 1. The smallest absolute Gasteiger partial charge is 0.321 e. The van der Waals surface area contributed by atoms with Gasteiger partial charge in [-0.25, -0.2) is 13.2 Å². The molecule has 114 valence electrons. The molecule has 2 amide bonds. The lowest BCUT2D eigenvalue weighted by atomic mass is 10.2. The van der Waals surface area contributed by atoms with E-state index in [1.54, 1.807) is 19.3 Å². The molecule has 1 aliphatic heterocycles. The Kier molecular flexibility index (Phi) is 5.05. The maximum Gasteiger partial charge on any atom is 0.321 e. The summed E-state index contributed by atoms with van der Waals surface area (Å²) in [5, 5.41) is 2.65. The summed E-state index contributed by atoms with van der Waals surface area (Å²) in [7, 11) is -1.37. The minimum atomic E-state index is -2.99. The number of hydrogen-bond donors (Lipinski definition) is 1. The molecule has 0 saturated carbocycles. The maximum absolute atomic E-state index is 12.0. The highest BCUT2D eigenvalue weighted by molar-refractivity contribution is 9.10. The largest absolute Gasteiger partial charge is 0.324 e. The normalized spacial score (nSPS) is 20.6. The zero-order chi connectivity index (χ0) is 15.5. The summed E-state index contributed by atoms with van der Waals surface area (Å²) in [5.41, 5.74) is 0.948. The Hall–Kier alpha value is -1.34. The lowest BCUT2D eigenvalue weighted by Crippen LogP contribution is -2.42. The van der Waals surface area contributed by atoms with E-state index in [-0.39, 0.29) is 23.6 Å². The van der Waals surface area contributed by atoms with Crippen molar-refractivity contribution < 1.29 is 13.2 Å². The monoisotopic (exact) mass is 372 g/mol. The van der Waals surface area contributed by atoms with Gasteiger partial charge in [-0.2, -0.15) is 0 Å². The molecule has 2 rings (SSSR count). The van der Waals surface area contributed by atoms with E-state index in [9.17, 15) is 13.2 Å². The van der Waals surface area contributed by atoms with Gasteiger partial charge in [-0.05, 0) is 24.1 Å². The lowest BCUT2D eigenvalue weighted by Gasteiger charge is -2.22. The van der Waals surface area contributed by atoms with Crippen molar-refractivity contribution >= 4 is 37.9 Å². The summed E-state index contributed by atoms with van der Waals surface area (Å²) in [6.07, 6.45) is 3.84. The van der Waals surface area contributed by atoms with Crippen molar-refractivity contribution in [3.05, 3.63) is 40.5 Å². The van der Waals surface area contributed by atoms with Crippen molar-refractivity contribution in [2.75, 3.05) is 18.6 Å². The Morgan fingerprint density at radius 1 is 1.43 bits per heavy atom. The quantitative estimate of drug-likeness (QED) is 0.884. The topological polar surface area (TPSA) is 66.5 Å². The first-order valence-corrected chi connectivity index (χ1v) is 9.15. The van der Waals surface area contributed by atoms with Crippen LogP contribution in [0.2, 0.25) is 0 Å². The Balaban J connectivity index is 1.92. The number of rotatable bonds is 3. The van der Waals surface area contributed by atoms with E-state index in [1.807, 2.05) is 24.3 Å². The third-order valence-corrected chi connectivity index (χ3v) is 5.92. The zero-order valence-corrected chi connectivity index (χ0v) is 14.0. The van der Waals surface area contributed by atoms with E-state index in [0.29, 0.717) is 6.42 Å². The molecule has 1 unspecified atom stereocenters. The van der Waals surface area contributed by atoms with Crippen LogP contribution in [-0.4, -0.2) is 43.9 Å². The second-order valence-corrected chi connectivity index (χ2v) is 8.06. The van der Waals surface area contributed by atoms with E-state index >= 15 is 0 Å². The second kappa shape index (κ2) is 6.62. The molecule has 1 saturated heterocycles. The van der Waals surface area contributed by atoms with Crippen molar-refractivity contribution in [2.24, 2.45) is 0 Å². The van der Waals surface area contributed by atoms with Crippen molar-refractivity contribution in [1.29, 1.82) is 0 Å². The summed E-state index contributed by atoms with van der Waals surface area (Å²) in [6.45, 7) is 0. The highest BCUT2D eigenvalue weighted by Crippen LogP contribution is 2.18. The molecule has 1 atom stereocenters. The molecule has 1 aromatic carbocycles. The van der Waals surface area contributed by atoms with Crippen LogP contribution in [0.4, 0.5) is 4.79 Å². The number of hydrogen-bond acceptors (Lipinski definition) is 3. The van der Waals surface area contributed by atoms with Crippen molar-refractivity contribution in [3.8, 4) is 0 Å². The third kappa shape index (κ3) is 4.31. The molecule has 0 radical (unpaired) electrons. The van der Waals surface area contributed by atoms with Gasteiger partial charge in [-0.1, -0.05) is 34.1 Å². The fourth-order valence-corrected chi connectivity index (χ4v) is 4.35. The first kappa shape index (κ1) is 16.0. The van der Waals surface area contributed by atoms with Gasteiger partial charge in [0.25, 0.3) is 0 Å². The van der Waals surface area contributed by atoms with Gasteiger partial charge in [-0.3, -0.25) is 0 Å². The summed E-state index contributed by atoms with van der Waals surface area (Å²) in [5.74, 6) is 0.201. The molecule has 1 heterocycles. The predicted octanol–water partition coefficient (Wildman–Crippen LogP) is 2.25. The summed E-state index contributed by atoms with van der Waals surface area (Å²) in [4.78, 5) is 13.4. The average molecular weight is 373 g/mol. The minimum absolute atomic E-state index is 0.0465. The molecule has 7 heteroatoms. The van der Waals surface area contributed by atoms with Crippen LogP contribution in [0.1, 0.15) is 12.0 Å². The van der Waals surface area contributed by atoms with Crippen LogP contribution in [0.25, 0.3) is 6.08 Å². The Morgan fingerprint density at radius 2 is 2.14 bits per heavy atom. The zero-order valence-electron chi connectivity index (χ0n) is 11.6. The molecule has 0 aliphatic carbocycles. The van der Waals surface area contributed by atoms with Gasteiger partial charge in [0.05, 0.1) is 11.5 Å². The number of carbonyl (C=O) groups excluding carboxylic acids is 1. The van der Waals surface area contributed by atoms with Gasteiger partial charge in [0.15, 0.2) is 9.84 Å². The highest BCUT2D eigenvalue weighted by atomic mass is 79.9. The Labute approximate surface area is 133 Å². The standard InChI is InChI=1S/C14H17BrN2O3S/c1-17(12-7-9-21(19,20)10-12)14(18)16-8-6-11-4-2-3-5-13(11)15/h2-6,8,12H,7,9-10H2,1H3,(H,16,18)/b8-6+. The van der Waals surface area contributed by atoms with Crippen molar-refractivity contribution in [1.82, 2.24) is 10.2 Å². The van der Waals surface area contributed by atoms with Crippen LogP contribution in [0.15, 0.2) is 34.9 Å². The molecule has 1 aliphatic rings. The summed E-state index contributed by atoms with van der Waals surface area (Å²) in [6, 6.07) is 7.10. The van der Waals surface area contributed by atoms with E-state index in [2.05, 4.69) is 21.2 Å². The van der Waals surface area contributed by atoms with Crippen LogP contribution in [0.3, 0.4) is 0 Å². The number of amides is 2. The maximum atomic E-state index is 12.0. The van der Waals surface area contributed by atoms with Crippen molar-refractivity contribution in [3.63, 3.8) is 0 Å². The Morgan fingerprint density at radius 3 is 2.76 bits per heavy atom. The molecule has 0 bridgehead atoms. The Bertz CT molecular complexity index is 658. The van der Waals surface area contributed by atoms with Crippen molar-refractivity contribution in [2.45, 2.75) is 12.5 Å². The fraction of sp³-hybridized carbons (Fsp3) is 0.357. The first-order chi connectivity index (χ1) is 9.89. The van der Waals surface area contributed by atoms with Gasteiger partial charge in [-0.15, -0.1) is 0 Å². The van der Waals surface area contributed by atoms with Gasteiger partial charge in [0.2, 0.25) is 0 Å². The molecular weight excluding hydrogens is 356 g/mol. The lowest BCUT2D eigenvalue weighted by molar-refractivity contribution is 0.199. The number of benzene rings is 1. The number of urea groups is 1. The van der Waals surface area contributed by atoms with Crippen LogP contribution < -0.4 is 5.32 Å². The molecule has 21 heavy (non-hydrogen) atoms. The van der Waals surface area contributed by atoms with E-state index in [1.165, 1.54) is 4.90 Å². The molecule has 1 N–H and O–H groups in total. The summed E-state index contributed by atoms with van der Waals surface area (Å²) >= 11 is 3.42. The van der Waals surface area contributed by atoms with Crippen LogP contribution in [0, 0.1) is 0 Å². The number of nitrogens with zero attached hydrogens (tertiary/aromatic N) is 1. The summed E-state index contributed by atoms with van der Waals surface area (Å²) < 4.78 is 23.8. The van der Waals surface area contributed by atoms with Gasteiger partial charge in [0, 0.05) is 23.8 Å². The van der Waals surface area contributed by atoms with E-state index in [4.69, 9.17) is 0 Å². The molecular formula is C14H17BrN2O3S. The van der Waals surface area contributed by atoms with Gasteiger partial charge in [0.1, 0.15) is 0 Å². The number of sulfone groups is 1. The highest BCUT2D eigenvalue weighted by Gasteiger charge is 2.32. The minimum Gasteiger partial charge on any atom is -0.324 e. The first-order valence-electron chi connectivity index (χ1n) is 6.54. The van der Waals surface area contributed by atoms with Crippen LogP contribution >= 0.6 is 15.9 Å². The van der Waals surface area contributed by atoms with Gasteiger partial charge < -0.3 is 10.2 Å². The number of nitrogens with one attached hydrogen (secondary N) is 1. The third-order valence-electron chi connectivity index (χ3n) is 3.45. The molecule has 5 nitrogen and oxygen atoms in total. The predicted molar refractivity (Wildman–Crippen MR) is 86.5 cm³/mol. The average Bonchev–Trinajstić information content (AvgIpc) is 2.80. The molecule has 1 fully saturated rings. The molecule has 1 aromatic rings. The molecule has 0 spiro atoms. The van der Waals surface area contributed by atoms with E-state index in [0.717, 1.165) is 10.0 Å². The van der Waals surface area contributed by atoms with E-state index < -0.39 is 9.84 Å². The van der Waals surface area contributed by atoms with Crippen LogP contribution in [-0.2, 0) is 9.84 Å². The SMILES string of the molecule is CN(C(=O)N/C=C/c1ccccc1Br)C1CCS(=O)(=O)C1. The van der Waals surface area contributed by atoms with Crippen LogP contribution in [0.5, 0.6) is 0 Å². The number of halogens is 1.